The van der Waals surface area contributed by atoms with Crippen molar-refractivity contribution in [1.82, 2.24) is 4.98 Å². The Morgan fingerprint density at radius 1 is 1.30 bits per heavy atom. The Morgan fingerprint density at radius 2 is 2.00 bits per heavy atom. The van der Waals surface area contributed by atoms with Crippen molar-refractivity contribution in [1.29, 1.82) is 0 Å². The highest BCUT2D eigenvalue weighted by atomic mass is 16.5. The molecule has 0 fully saturated rings. The maximum absolute atomic E-state index is 12.5. The average Bonchev–Trinajstić information content (AvgIpc) is 2.73. The Morgan fingerprint density at radius 3 is 2.70 bits per heavy atom. The topological polar surface area (TPSA) is 59.2 Å². The van der Waals surface area contributed by atoms with E-state index in [2.05, 4.69) is 4.98 Å². The first-order valence-electron chi connectivity index (χ1n) is 6.85. The quantitative estimate of drug-likeness (QED) is 0.671. The molecule has 1 N–H and O–H groups in total. The molecular weight excluding hydrogens is 254 g/mol. The molecule has 0 aliphatic rings. The summed E-state index contributed by atoms with van der Waals surface area (Å²) >= 11 is 0. The Labute approximate surface area is 118 Å². The number of esters is 1. The average molecular weight is 273 g/mol. The third kappa shape index (κ3) is 2.74. The molecule has 4 heteroatoms. The number of carbonyl (C=O) groups is 2. The zero-order valence-electron chi connectivity index (χ0n) is 12.0. The van der Waals surface area contributed by atoms with Gasteiger partial charge in [-0.15, -0.1) is 0 Å². The third-order valence-electron chi connectivity index (χ3n) is 3.27. The molecule has 2 aromatic rings. The van der Waals surface area contributed by atoms with Crippen molar-refractivity contribution in [3.8, 4) is 0 Å². The first-order valence-corrected chi connectivity index (χ1v) is 6.85. The highest BCUT2D eigenvalue weighted by molar-refractivity contribution is 6.11. The van der Waals surface area contributed by atoms with E-state index >= 15 is 0 Å². The molecule has 1 aromatic carbocycles. The summed E-state index contributed by atoms with van der Waals surface area (Å²) in [6.45, 7) is 5.38. The fourth-order valence-electron chi connectivity index (χ4n) is 2.31. The molecule has 1 atom stereocenters. The molecule has 2 rings (SSSR count). The van der Waals surface area contributed by atoms with Gasteiger partial charge in [0.1, 0.15) is 0 Å². The van der Waals surface area contributed by atoms with Crippen LogP contribution in [0, 0.1) is 6.92 Å². The molecule has 106 valence electrons. The lowest BCUT2D eigenvalue weighted by Gasteiger charge is -2.12. The highest BCUT2D eigenvalue weighted by Crippen LogP contribution is 2.23. The van der Waals surface area contributed by atoms with Gasteiger partial charge in [-0.25, -0.2) is 0 Å². The fraction of sp³-hybridized carbons (Fsp3) is 0.375. The molecule has 20 heavy (non-hydrogen) atoms. The molecule has 1 aromatic heterocycles. The van der Waals surface area contributed by atoms with E-state index in [1.165, 1.54) is 0 Å². The SMILES string of the molecule is CCCC(=O)O[C@H](C)C(=O)c1c(C)[nH]c2ccccc12. The zero-order valence-corrected chi connectivity index (χ0v) is 12.0. The molecule has 0 unspecified atom stereocenters. The molecule has 4 nitrogen and oxygen atoms in total. The second-order valence-corrected chi connectivity index (χ2v) is 4.92. The van der Waals surface area contributed by atoms with Crippen LogP contribution < -0.4 is 0 Å². The summed E-state index contributed by atoms with van der Waals surface area (Å²) in [5.74, 6) is -0.491. The number of ether oxygens (including phenoxy) is 1. The van der Waals surface area contributed by atoms with Crippen LogP contribution in [0.4, 0.5) is 0 Å². The minimum absolute atomic E-state index is 0.163. The molecule has 0 spiro atoms. The maximum atomic E-state index is 12.5. The van der Waals surface area contributed by atoms with Gasteiger partial charge in [-0.05, 0) is 26.3 Å². The van der Waals surface area contributed by atoms with Gasteiger partial charge in [-0.1, -0.05) is 25.1 Å². The van der Waals surface area contributed by atoms with Crippen molar-refractivity contribution in [2.24, 2.45) is 0 Å². The third-order valence-corrected chi connectivity index (χ3v) is 3.27. The number of hydrogen-bond donors (Lipinski definition) is 1. The van der Waals surface area contributed by atoms with Crippen LogP contribution >= 0.6 is 0 Å². The summed E-state index contributed by atoms with van der Waals surface area (Å²) < 4.78 is 5.18. The summed E-state index contributed by atoms with van der Waals surface area (Å²) in [7, 11) is 0. The molecule has 0 saturated heterocycles. The van der Waals surface area contributed by atoms with Gasteiger partial charge in [0.15, 0.2) is 6.10 Å². The predicted octanol–water partition coefficient (Wildman–Crippen LogP) is 3.39. The summed E-state index contributed by atoms with van der Waals surface area (Å²) in [5.41, 5.74) is 2.33. The van der Waals surface area contributed by atoms with Gasteiger partial charge in [-0.2, -0.15) is 0 Å². The van der Waals surface area contributed by atoms with Crippen molar-refractivity contribution in [2.45, 2.75) is 39.7 Å². The molecule has 0 saturated carbocycles. The lowest BCUT2D eigenvalue weighted by Crippen LogP contribution is -2.24. The van der Waals surface area contributed by atoms with Gasteiger partial charge in [0.2, 0.25) is 5.78 Å². The minimum Gasteiger partial charge on any atom is -0.454 e. The van der Waals surface area contributed by atoms with Crippen LogP contribution in [0.3, 0.4) is 0 Å². The van der Waals surface area contributed by atoms with Crippen LogP contribution in [0.25, 0.3) is 10.9 Å². The van der Waals surface area contributed by atoms with Crippen molar-refractivity contribution in [3.63, 3.8) is 0 Å². The predicted molar refractivity (Wildman–Crippen MR) is 77.8 cm³/mol. The Hall–Kier alpha value is -2.10. The van der Waals surface area contributed by atoms with Crippen LogP contribution in [-0.4, -0.2) is 22.8 Å². The van der Waals surface area contributed by atoms with Crippen LogP contribution in [0.5, 0.6) is 0 Å². The van der Waals surface area contributed by atoms with Crippen LogP contribution in [0.15, 0.2) is 24.3 Å². The first-order chi connectivity index (χ1) is 9.54. The second kappa shape index (κ2) is 5.90. The Kier molecular flexibility index (Phi) is 4.23. The van der Waals surface area contributed by atoms with E-state index in [0.717, 1.165) is 16.6 Å². The molecule has 0 amide bonds. The summed E-state index contributed by atoms with van der Waals surface area (Å²) in [6.07, 6.45) is 0.294. The number of para-hydroxylation sites is 1. The van der Waals surface area contributed by atoms with E-state index in [4.69, 9.17) is 4.74 Å². The number of aryl methyl sites for hydroxylation is 1. The summed E-state index contributed by atoms with van der Waals surface area (Å²) in [6, 6.07) is 7.62. The molecule has 0 bridgehead atoms. The second-order valence-electron chi connectivity index (χ2n) is 4.92. The van der Waals surface area contributed by atoms with Crippen molar-refractivity contribution in [3.05, 3.63) is 35.5 Å². The normalized spacial score (nSPS) is 12.3. The molecular formula is C16H19NO3. The van der Waals surface area contributed by atoms with E-state index in [0.29, 0.717) is 18.4 Å². The van der Waals surface area contributed by atoms with E-state index in [1.807, 2.05) is 38.1 Å². The fourth-order valence-corrected chi connectivity index (χ4v) is 2.31. The van der Waals surface area contributed by atoms with Gasteiger partial charge >= 0.3 is 5.97 Å². The zero-order chi connectivity index (χ0) is 14.7. The van der Waals surface area contributed by atoms with Crippen molar-refractivity contribution < 1.29 is 14.3 Å². The molecule has 1 heterocycles. The van der Waals surface area contributed by atoms with Gasteiger partial charge < -0.3 is 9.72 Å². The van der Waals surface area contributed by atoms with E-state index in [-0.39, 0.29) is 11.8 Å². The van der Waals surface area contributed by atoms with Crippen LogP contribution in [0.1, 0.15) is 42.7 Å². The highest BCUT2D eigenvalue weighted by Gasteiger charge is 2.23. The lowest BCUT2D eigenvalue weighted by molar-refractivity contribution is -0.146. The summed E-state index contributed by atoms with van der Waals surface area (Å²) in [5, 5.41) is 0.869. The number of aromatic nitrogens is 1. The van der Waals surface area contributed by atoms with E-state index in [9.17, 15) is 9.59 Å². The largest absolute Gasteiger partial charge is 0.454 e. The number of fused-ring (bicyclic) bond motifs is 1. The van der Waals surface area contributed by atoms with Gasteiger partial charge in [0.25, 0.3) is 0 Å². The van der Waals surface area contributed by atoms with Gasteiger partial charge in [0, 0.05) is 28.6 Å². The smallest absolute Gasteiger partial charge is 0.306 e. The molecule has 0 aliphatic carbocycles. The number of Topliss-reactive ketones (excluding diaryl/α,β-unsaturated/α-hetero) is 1. The van der Waals surface area contributed by atoms with Gasteiger partial charge in [-0.3, -0.25) is 9.59 Å². The van der Waals surface area contributed by atoms with Crippen LogP contribution in [0.2, 0.25) is 0 Å². The monoisotopic (exact) mass is 273 g/mol. The standard InChI is InChI=1S/C16H19NO3/c1-4-7-14(18)20-11(3)16(19)15-10(2)17-13-9-6-5-8-12(13)15/h5-6,8-9,11,17H,4,7H2,1-3H3/t11-/m1/s1. The number of hydrogen-bond acceptors (Lipinski definition) is 3. The summed E-state index contributed by atoms with van der Waals surface area (Å²) in [4.78, 5) is 27.2. The molecule has 0 radical (unpaired) electrons. The van der Waals surface area contributed by atoms with Crippen molar-refractivity contribution >= 4 is 22.7 Å². The molecule has 0 aliphatic heterocycles. The number of nitrogens with one attached hydrogen (secondary N) is 1. The van der Waals surface area contributed by atoms with Gasteiger partial charge in [0.05, 0.1) is 0 Å². The number of ketones is 1. The van der Waals surface area contributed by atoms with Crippen molar-refractivity contribution in [2.75, 3.05) is 0 Å². The van der Waals surface area contributed by atoms with E-state index in [1.54, 1.807) is 6.92 Å². The Bertz CT molecular complexity index is 642. The van der Waals surface area contributed by atoms with E-state index < -0.39 is 6.10 Å². The number of carbonyl (C=O) groups excluding carboxylic acids is 2. The lowest BCUT2D eigenvalue weighted by atomic mass is 10.0. The van der Waals surface area contributed by atoms with Crippen LogP contribution in [-0.2, 0) is 9.53 Å². The number of aromatic amines is 1. The number of benzene rings is 1. The maximum Gasteiger partial charge on any atom is 0.306 e. The number of rotatable bonds is 5. The minimum atomic E-state index is -0.757. The first kappa shape index (κ1) is 14.3. The Balaban J connectivity index is 2.27. The number of H-pyrrole nitrogens is 1.